The van der Waals surface area contributed by atoms with Gasteiger partial charge in [0.05, 0.1) is 23.6 Å². The molecule has 0 amide bonds. The maximum atomic E-state index is 6.23. The topological polar surface area (TPSA) is 53.1 Å². The Kier molecular flexibility index (Phi) is 4.63. The van der Waals surface area contributed by atoms with Gasteiger partial charge in [0, 0.05) is 13.6 Å². The highest BCUT2D eigenvalue weighted by Gasteiger charge is 2.34. The van der Waals surface area contributed by atoms with Gasteiger partial charge in [-0.2, -0.15) is 5.10 Å². The van der Waals surface area contributed by atoms with Crippen LogP contribution in [0.1, 0.15) is 50.9 Å². The van der Waals surface area contributed by atoms with Crippen molar-refractivity contribution in [1.82, 2.24) is 9.78 Å². The highest BCUT2D eigenvalue weighted by atomic mass is 16.5. The molecular formula is C15H27N3O. The summed E-state index contributed by atoms with van der Waals surface area (Å²) in [7, 11) is 1.98. The van der Waals surface area contributed by atoms with E-state index in [1.165, 1.54) is 12.8 Å². The summed E-state index contributed by atoms with van der Waals surface area (Å²) in [5.41, 5.74) is 8.14. The van der Waals surface area contributed by atoms with Gasteiger partial charge < -0.3 is 10.5 Å². The van der Waals surface area contributed by atoms with Gasteiger partial charge in [0.1, 0.15) is 0 Å². The number of hydrogen-bond donors (Lipinski definition) is 1. The van der Waals surface area contributed by atoms with Crippen LogP contribution in [0.25, 0.3) is 0 Å². The number of hydrogen-bond acceptors (Lipinski definition) is 3. The standard InChI is InChI=1S/C15H27N3O/c1-4-13-8-14(18(3)17-13)10-19-15(11-16)7-5-6-12(2)9-15/h8,12H,4-7,9-11,16H2,1-3H3. The van der Waals surface area contributed by atoms with Crippen LogP contribution in [-0.2, 0) is 24.8 Å². The molecule has 0 radical (unpaired) electrons. The van der Waals surface area contributed by atoms with Crippen molar-refractivity contribution in [3.05, 3.63) is 17.5 Å². The van der Waals surface area contributed by atoms with Crippen LogP contribution in [0.2, 0.25) is 0 Å². The molecule has 0 bridgehead atoms. The van der Waals surface area contributed by atoms with Crippen molar-refractivity contribution in [3.63, 3.8) is 0 Å². The molecule has 1 fully saturated rings. The Hall–Kier alpha value is -0.870. The summed E-state index contributed by atoms with van der Waals surface area (Å²) in [4.78, 5) is 0. The summed E-state index contributed by atoms with van der Waals surface area (Å²) in [6, 6.07) is 2.14. The lowest BCUT2D eigenvalue weighted by atomic mass is 9.79. The van der Waals surface area contributed by atoms with Crippen LogP contribution in [0.4, 0.5) is 0 Å². The van der Waals surface area contributed by atoms with Crippen LogP contribution in [0, 0.1) is 5.92 Å². The molecule has 0 aliphatic heterocycles. The predicted molar refractivity (Wildman–Crippen MR) is 76.8 cm³/mol. The zero-order valence-electron chi connectivity index (χ0n) is 12.5. The monoisotopic (exact) mass is 265 g/mol. The van der Waals surface area contributed by atoms with E-state index in [-0.39, 0.29) is 5.60 Å². The summed E-state index contributed by atoms with van der Waals surface area (Å²) in [6.45, 7) is 5.66. The van der Waals surface area contributed by atoms with Crippen LogP contribution in [0.3, 0.4) is 0 Å². The van der Waals surface area contributed by atoms with Crippen molar-refractivity contribution in [1.29, 1.82) is 0 Å². The van der Waals surface area contributed by atoms with Crippen molar-refractivity contribution in [2.45, 2.75) is 58.2 Å². The highest BCUT2D eigenvalue weighted by molar-refractivity contribution is 5.09. The van der Waals surface area contributed by atoms with Gasteiger partial charge in [0.2, 0.25) is 0 Å². The minimum absolute atomic E-state index is 0.117. The van der Waals surface area contributed by atoms with Gasteiger partial charge in [-0.15, -0.1) is 0 Å². The quantitative estimate of drug-likeness (QED) is 0.889. The van der Waals surface area contributed by atoms with Gasteiger partial charge in [0.15, 0.2) is 0 Å². The lowest BCUT2D eigenvalue weighted by Gasteiger charge is -2.39. The van der Waals surface area contributed by atoms with Crippen LogP contribution >= 0.6 is 0 Å². The average Bonchev–Trinajstić information content (AvgIpc) is 2.77. The van der Waals surface area contributed by atoms with Gasteiger partial charge in [-0.1, -0.05) is 26.7 Å². The molecule has 4 nitrogen and oxygen atoms in total. The molecule has 0 spiro atoms. The highest BCUT2D eigenvalue weighted by Crippen LogP contribution is 2.35. The smallest absolute Gasteiger partial charge is 0.0892 e. The van der Waals surface area contributed by atoms with Gasteiger partial charge in [0.25, 0.3) is 0 Å². The number of aryl methyl sites for hydroxylation is 2. The molecule has 1 aromatic heterocycles. The third kappa shape index (κ3) is 3.37. The average molecular weight is 265 g/mol. The molecule has 1 aliphatic carbocycles. The van der Waals surface area contributed by atoms with Crippen molar-refractivity contribution in [2.24, 2.45) is 18.7 Å². The molecule has 19 heavy (non-hydrogen) atoms. The Morgan fingerprint density at radius 2 is 2.37 bits per heavy atom. The van der Waals surface area contributed by atoms with Crippen molar-refractivity contribution in [2.75, 3.05) is 6.54 Å². The van der Waals surface area contributed by atoms with Gasteiger partial charge in [-0.25, -0.2) is 0 Å². The summed E-state index contributed by atoms with van der Waals surface area (Å²) < 4.78 is 8.15. The third-order valence-corrected chi connectivity index (χ3v) is 4.34. The summed E-state index contributed by atoms with van der Waals surface area (Å²) in [5, 5.41) is 4.46. The number of nitrogens with zero attached hydrogens (tertiary/aromatic N) is 2. The maximum absolute atomic E-state index is 6.23. The molecule has 4 heteroatoms. The van der Waals surface area contributed by atoms with Gasteiger partial charge >= 0.3 is 0 Å². The Balaban J connectivity index is 2.00. The Morgan fingerprint density at radius 3 is 2.95 bits per heavy atom. The fourth-order valence-corrected chi connectivity index (χ4v) is 3.09. The van der Waals surface area contributed by atoms with Crippen LogP contribution in [-0.4, -0.2) is 21.9 Å². The first-order chi connectivity index (χ1) is 9.08. The van der Waals surface area contributed by atoms with Crippen LogP contribution in [0.15, 0.2) is 6.07 Å². The predicted octanol–water partition coefficient (Wildman–Crippen LogP) is 2.41. The number of nitrogens with two attached hydrogens (primary N) is 1. The first kappa shape index (κ1) is 14.5. The van der Waals surface area contributed by atoms with E-state index in [9.17, 15) is 0 Å². The number of aromatic nitrogens is 2. The van der Waals surface area contributed by atoms with E-state index in [0.29, 0.717) is 13.2 Å². The number of ether oxygens (including phenoxy) is 1. The molecule has 108 valence electrons. The van der Waals surface area contributed by atoms with E-state index in [1.807, 2.05) is 11.7 Å². The van der Waals surface area contributed by atoms with Gasteiger partial charge in [-0.05, 0) is 31.2 Å². The summed E-state index contributed by atoms with van der Waals surface area (Å²) in [5.74, 6) is 0.718. The molecule has 1 saturated carbocycles. The first-order valence-electron chi connectivity index (χ1n) is 7.44. The van der Waals surface area contributed by atoms with E-state index in [1.54, 1.807) is 0 Å². The molecule has 0 saturated heterocycles. The Labute approximate surface area is 116 Å². The van der Waals surface area contributed by atoms with E-state index >= 15 is 0 Å². The van der Waals surface area contributed by atoms with Gasteiger partial charge in [-0.3, -0.25) is 4.68 Å². The summed E-state index contributed by atoms with van der Waals surface area (Å²) in [6.07, 6.45) is 5.67. The summed E-state index contributed by atoms with van der Waals surface area (Å²) >= 11 is 0. The normalized spacial score (nSPS) is 27.7. The molecule has 1 aromatic rings. The Bertz CT molecular complexity index is 416. The molecule has 1 aliphatic rings. The zero-order valence-corrected chi connectivity index (χ0v) is 12.5. The second-order valence-corrected chi connectivity index (χ2v) is 5.98. The molecule has 2 atom stereocenters. The molecule has 1 heterocycles. The lowest BCUT2D eigenvalue weighted by Crippen LogP contribution is -2.44. The van der Waals surface area contributed by atoms with E-state index in [2.05, 4.69) is 25.0 Å². The van der Waals surface area contributed by atoms with Crippen molar-refractivity contribution >= 4 is 0 Å². The van der Waals surface area contributed by atoms with E-state index < -0.39 is 0 Å². The zero-order chi connectivity index (χ0) is 13.9. The fraction of sp³-hybridized carbons (Fsp3) is 0.800. The first-order valence-corrected chi connectivity index (χ1v) is 7.44. The van der Waals surface area contributed by atoms with Crippen LogP contribution < -0.4 is 5.73 Å². The molecule has 2 unspecified atom stereocenters. The Morgan fingerprint density at radius 1 is 1.58 bits per heavy atom. The number of rotatable bonds is 5. The largest absolute Gasteiger partial charge is 0.367 e. The van der Waals surface area contributed by atoms with Crippen molar-refractivity contribution < 1.29 is 4.74 Å². The maximum Gasteiger partial charge on any atom is 0.0892 e. The second-order valence-electron chi connectivity index (χ2n) is 5.98. The van der Waals surface area contributed by atoms with Crippen LogP contribution in [0.5, 0.6) is 0 Å². The minimum atomic E-state index is -0.117. The second kappa shape index (κ2) is 6.06. The third-order valence-electron chi connectivity index (χ3n) is 4.34. The molecule has 0 aromatic carbocycles. The lowest BCUT2D eigenvalue weighted by molar-refractivity contribution is -0.0858. The molecule has 2 rings (SSSR count). The van der Waals surface area contributed by atoms with E-state index in [0.717, 1.165) is 36.6 Å². The minimum Gasteiger partial charge on any atom is -0.367 e. The molecular weight excluding hydrogens is 238 g/mol. The SMILES string of the molecule is CCc1cc(COC2(CN)CCCC(C)C2)n(C)n1. The fourth-order valence-electron chi connectivity index (χ4n) is 3.09. The van der Waals surface area contributed by atoms with Crippen molar-refractivity contribution in [3.8, 4) is 0 Å². The molecule has 2 N–H and O–H groups in total. The van der Waals surface area contributed by atoms with E-state index in [4.69, 9.17) is 10.5 Å².